The first-order valence-corrected chi connectivity index (χ1v) is 9.42. The summed E-state index contributed by atoms with van der Waals surface area (Å²) in [6, 6.07) is 5.08. The lowest BCUT2D eigenvalue weighted by molar-refractivity contribution is 0.620. The first-order chi connectivity index (χ1) is 11.5. The molecule has 0 saturated carbocycles. The Morgan fingerprint density at radius 3 is 2.54 bits per heavy atom. The van der Waals surface area contributed by atoms with Crippen LogP contribution in [0.4, 0.5) is 4.39 Å². The van der Waals surface area contributed by atoms with Gasteiger partial charge in [-0.2, -0.15) is 0 Å². The topological polar surface area (TPSA) is 49.3 Å². The highest BCUT2D eigenvalue weighted by molar-refractivity contribution is 9.10. The second-order valence-corrected chi connectivity index (χ2v) is 7.57. The van der Waals surface area contributed by atoms with E-state index in [1.807, 2.05) is 6.92 Å². The SMILES string of the molecule is CN=C(NCCc1ccc(F)c(Br)c1)NCCc1nc(C)c(C)s1. The van der Waals surface area contributed by atoms with Crippen molar-refractivity contribution in [1.29, 1.82) is 0 Å². The molecule has 0 bridgehead atoms. The normalized spacial score (nSPS) is 11.6. The first kappa shape index (κ1) is 18.9. The van der Waals surface area contributed by atoms with Gasteiger partial charge in [-0.05, 0) is 53.9 Å². The van der Waals surface area contributed by atoms with Gasteiger partial charge in [0.05, 0.1) is 15.2 Å². The Morgan fingerprint density at radius 1 is 1.25 bits per heavy atom. The van der Waals surface area contributed by atoms with Crippen LogP contribution in [-0.2, 0) is 12.8 Å². The van der Waals surface area contributed by atoms with Crippen molar-refractivity contribution in [3.05, 3.63) is 49.6 Å². The summed E-state index contributed by atoms with van der Waals surface area (Å²) in [5.74, 6) is 0.526. The lowest BCUT2D eigenvalue weighted by Gasteiger charge is -2.11. The molecule has 0 aliphatic carbocycles. The number of hydrogen-bond donors (Lipinski definition) is 2. The molecule has 0 fully saturated rings. The minimum absolute atomic E-state index is 0.239. The van der Waals surface area contributed by atoms with Crippen LogP contribution in [0.3, 0.4) is 0 Å². The molecule has 0 unspecified atom stereocenters. The minimum Gasteiger partial charge on any atom is -0.356 e. The predicted octanol–water partition coefficient (Wildman–Crippen LogP) is 3.61. The Bertz CT molecular complexity index is 695. The summed E-state index contributed by atoms with van der Waals surface area (Å²) < 4.78 is 13.7. The van der Waals surface area contributed by atoms with Crippen molar-refractivity contribution in [1.82, 2.24) is 15.6 Å². The predicted molar refractivity (Wildman–Crippen MR) is 102 cm³/mol. The van der Waals surface area contributed by atoms with E-state index in [9.17, 15) is 4.39 Å². The van der Waals surface area contributed by atoms with Gasteiger partial charge in [0.1, 0.15) is 5.82 Å². The molecule has 7 heteroatoms. The zero-order valence-corrected chi connectivity index (χ0v) is 16.5. The number of halogens is 2. The number of benzene rings is 1. The molecule has 1 aromatic heterocycles. The molecule has 1 heterocycles. The highest BCUT2D eigenvalue weighted by Gasteiger charge is 2.05. The molecule has 2 rings (SSSR count). The van der Waals surface area contributed by atoms with Gasteiger partial charge in [0.2, 0.25) is 0 Å². The summed E-state index contributed by atoms with van der Waals surface area (Å²) in [4.78, 5) is 10.0. The van der Waals surface area contributed by atoms with Gasteiger partial charge in [0.15, 0.2) is 5.96 Å². The average molecular weight is 413 g/mol. The molecule has 4 nitrogen and oxygen atoms in total. The third-order valence-electron chi connectivity index (χ3n) is 3.62. The number of hydrogen-bond acceptors (Lipinski definition) is 3. The van der Waals surface area contributed by atoms with Crippen LogP contribution < -0.4 is 10.6 Å². The fourth-order valence-corrected chi connectivity index (χ4v) is 3.53. The van der Waals surface area contributed by atoms with E-state index in [0.29, 0.717) is 4.47 Å². The van der Waals surface area contributed by atoms with Gasteiger partial charge in [0, 0.05) is 31.4 Å². The van der Waals surface area contributed by atoms with Gasteiger partial charge < -0.3 is 10.6 Å². The van der Waals surface area contributed by atoms with Crippen LogP contribution in [-0.4, -0.2) is 31.1 Å². The van der Waals surface area contributed by atoms with E-state index in [0.717, 1.165) is 48.2 Å². The molecule has 2 aromatic rings. The summed E-state index contributed by atoms with van der Waals surface area (Å²) in [5, 5.41) is 7.70. The van der Waals surface area contributed by atoms with Crippen molar-refractivity contribution in [3.8, 4) is 0 Å². The molecule has 1 aromatic carbocycles. The number of thiazole rings is 1. The lowest BCUT2D eigenvalue weighted by atomic mass is 10.1. The monoisotopic (exact) mass is 412 g/mol. The van der Waals surface area contributed by atoms with Crippen LogP contribution in [0.1, 0.15) is 21.1 Å². The van der Waals surface area contributed by atoms with Crippen molar-refractivity contribution < 1.29 is 4.39 Å². The van der Waals surface area contributed by atoms with E-state index in [4.69, 9.17) is 0 Å². The standard InChI is InChI=1S/C17H22BrFN4S/c1-11-12(2)24-16(23-11)7-9-22-17(20-3)21-8-6-13-4-5-15(19)14(18)10-13/h4-5,10H,6-9H2,1-3H3,(H2,20,21,22). The Morgan fingerprint density at radius 2 is 1.96 bits per heavy atom. The third-order valence-corrected chi connectivity index (χ3v) is 5.36. The number of rotatable bonds is 6. The second kappa shape index (κ2) is 9.13. The smallest absolute Gasteiger partial charge is 0.191 e. The van der Waals surface area contributed by atoms with Crippen LogP contribution in [0.5, 0.6) is 0 Å². The molecular formula is C17H22BrFN4S. The van der Waals surface area contributed by atoms with E-state index < -0.39 is 0 Å². The summed E-state index contributed by atoms with van der Waals surface area (Å²) in [6.45, 7) is 5.65. The fourth-order valence-electron chi connectivity index (χ4n) is 2.17. The van der Waals surface area contributed by atoms with Crippen LogP contribution in [0.15, 0.2) is 27.7 Å². The Labute approximate surface area is 154 Å². The molecule has 24 heavy (non-hydrogen) atoms. The first-order valence-electron chi connectivity index (χ1n) is 7.81. The molecule has 2 N–H and O–H groups in total. The number of aromatic nitrogens is 1. The highest BCUT2D eigenvalue weighted by Crippen LogP contribution is 2.17. The maximum Gasteiger partial charge on any atom is 0.191 e. The Balaban J connectivity index is 1.73. The van der Waals surface area contributed by atoms with E-state index in [1.165, 1.54) is 10.9 Å². The van der Waals surface area contributed by atoms with Gasteiger partial charge in [-0.25, -0.2) is 9.37 Å². The molecule has 130 valence electrons. The number of aliphatic imine (C=N–C) groups is 1. The molecule has 0 amide bonds. The van der Waals surface area contributed by atoms with Crippen LogP contribution in [0.25, 0.3) is 0 Å². The van der Waals surface area contributed by atoms with Gasteiger partial charge >= 0.3 is 0 Å². The Kier molecular flexibility index (Phi) is 7.17. The van der Waals surface area contributed by atoms with E-state index in [2.05, 4.69) is 43.5 Å². The molecular weight excluding hydrogens is 391 g/mol. The molecule has 0 radical (unpaired) electrons. The molecule has 0 atom stereocenters. The zero-order chi connectivity index (χ0) is 17.5. The van der Waals surface area contributed by atoms with E-state index >= 15 is 0 Å². The summed E-state index contributed by atoms with van der Waals surface area (Å²) in [5.41, 5.74) is 2.18. The van der Waals surface area contributed by atoms with Crippen LogP contribution in [0.2, 0.25) is 0 Å². The number of aryl methyl sites for hydroxylation is 2. The third kappa shape index (κ3) is 5.56. The van der Waals surface area contributed by atoms with Crippen molar-refractivity contribution in [2.45, 2.75) is 26.7 Å². The van der Waals surface area contributed by atoms with Crippen LogP contribution >= 0.6 is 27.3 Å². The quantitative estimate of drug-likeness (QED) is 0.562. The van der Waals surface area contributed by atoms with Gasteiger partial charge in [-0.3, -0.25) is 4.99 Å². The number of guanidine groups is 1. The van der Waals surface area contributed by atoms with Crippen molar-refractivity contribution >= 4 is 33.2 Å². The zero-order valence-electron chi connectivity index (χ0n) is 14.1. The van der Waals surface area contributed by atoms with Crippen molar-refractivity contribution in [3.63, 3.8) is 0 Å². The lowest BCUT2D eigenvalue weighted by Crippen LogP contribution is -2.39. The van der Waals surface area contributed by atoms with E-state index in [1.54, 1.807) is 30.5 Å². The molecule has 0 saturated heterocycles. The molecule has 0 aliphatic heterocycles. The second-order valence-electron chi connectivity index (χ2n) is 5.42. The summed E-state index contributed by atoms with van der Waals surface area (Å²) in [6.07, 6.45) is 1.68. The largest absolute Gasteiger partial charge is 0.356 e. The van der Waals surface area contributed by atoms with Gasteiger partial charge in [-0.15, -0.1) is 11.3 Å². The van der Waals surface area contributed by atoms with Gasteiger partial charge in [0.25, 0.3) is 0 Å². The minimum atomic E-state index is -0.239. The number of nitrogens with zero attached hydrogens (tertiary/aromatic N) is 2. The van der Waals surface area contributed by atoms with Crippen molar-refractivity contribution in [2.24, 2.45) is 4.99 Å². The molecule has 0 aliphatic rings. The summed E-state index contributed by atoms with van der Waals surface area (Å²) in [7, 11) is 1.75. The number of nitrogens with one attached hydrogen (secondary N) is 2. The highest BCUT2D eigenvalue weighted by atomic mass is 79.9. The maximum absolute atomic E-state index is 13.2. The van der Waals surface area contributed by atoms with Crippen molar-refractivity contribution in [2.75, 3.05) is 20.1 Å². The maximum atomic E-state index is 13.2. The molecule has 0 spiro atoms. The average Bonchev–Trinajstić information content (AvgIpc) is 2.87. The van der Waals surface area contributed by atoms with Crippen LogP contribution in [0, 0.1) is 19.7 Å². The van der Waals surface area contributed by atoms with E-state index in [-0.39, 0.29) is 5.82 Å². The summed E-state index contributed by atoms with van der Waals surface area (Å²) >= 11 is 4.95. The Hall–Kier alpha value is -1.47. The van der Waals surface area contributed by atoms with Gasteiger partial charge in [-0.1, -0.05) is 6.07 Å². The fraction of sp³-hybridized carbons (Fsp3) is 0.412.